The smallest absolute Gasteiger partial charge is 0.251 e. The molecule has 0 aliphatic rings. The SMILES string of the molecule is Cc1ccc(C(=O)NCCCCCCNC(=O)c2ccc(C)c(I)c2)cc1I. The van der Waals surface area contributed by atoms with Crippen molar-refractivity contribution in [1.29, 1.82) is 0 Å². The van der Waals surface area contributed by atoms with Crippen molar-refractivity contribution in [2.45, 2.75) is 39.5 Å². The molecule has 4 nitrogen and oxygen atoms in total. The lowest BCUT2D eigenvalue weighted by Crippen LogP contribution is -2.25. The van der Waals surface area contributed by atoms with E-state index >= 15 is 0 Å². The third-order valence-electron chi connectivity index (χ3n) is 4.54. The molecule has 0 saturated heterocycles. The first-order valence-electron chi connectivity index (χ1n) is 9.47. The standard InChI is InChI=1S/C22H26I2N2O2/c1-15-7-9-17(13-19(15)23)21(27)25-11-5-3-4-6-12-26-22(28)18-10-8-16(2)20(24)14-18/h7-10,13-14H,3-6,11-12H2,1-2H3,(H,25,27)(H,26,28). The summed E-state index contributed by atoms with van der Waals surface area (Å²) < 4.78 is 2.21. The van der Waals surface area contributed by atoms with E-state index in [1.54, 1.807) is 0 Å². The Labute approximate surface area is 194 Å². The van der Waals surface area contributed by atoms with Crippen molar-refractivity contribution in [3.8, 4) is 0 Å². The fourth-order valence-electron chi connectivity index (χ4n) is 2.68. The molecule has 150 valence electrons. The van der Waals surface area contributed by atoms with Crippen molar-refractivity contribution in [1.82, 2.24) is 10.6 Å². The van der Waals surface area contributed by atoms with Crippen LogP contribution in [-0.4, -0.2) is 24.9 Å². The van der Waals surface area contributed by atoms with Gasteiger partial charge in [0.05, 0.1) is 0 Å². The molecule has 6 heteroatoms. The van der Waals surface area contributed by atoms with Gasteiger partial charge in [0.25, 0.3) is 11.8 Å². The number of unbranched alkanes of at least 4 members (excludes halogenated alkanes) is 3. The predicted molar refractivity (Wildman–Crippen MR) is 131 cm³/mol. The maximum Gasteiger partial charge on any atom is 0.251 e. The van der Waals surface area contributed by atoms with Crippen LogP contribution in [0.2, 0.25) is 0 Å². The molecule has 0 unspecified atom stereocenters. The number of amides is 2. The molecule has 2 aromatic rings. The molecule has 0 heterocycles. The van der Waals surface area contributed by atoms with Crippen molar-refractivity contribution < 1.29 is 9.59 Å². The lowest BCUT2D eigenvalue weighted by Gasteiger charge is -2.08. The van der Waals surface area contributed by atoms with E-state index in [1.807, 2.05) is 50.2 Å². The van der Waals surface area contributed by atoms with Gasteiger partial charge < -0.3 is 10.6 Å². The molecule has 2 aromatic carbocycles. The highest BCUT2D eigenvalue weighted by atomic mass is 127. The number of hydrogen-bond acceptors (Lipinski definition) is 2. The maximum atomic E-state index is 12.1. The van der Waals surface area contributed by atoms with Gasteiger partial charge in [-0.25, -0.2) is 0 Å². The minimum atomic E-state index is -0.0158. The fraction of sp³-hybridized carbons (Fsp3) is 0.364. The highest BCUT2D eigenvalue weighted by Gasteiger charge is 2.07. The van der Waals surface area contributed by atoms with Crippen molar-refractivity contribution in [3.63, 3.8) is 0 Å². The van der Waals surface area contributed by atoms with Gasteiger partial charge in [-0.15, -0.1) is 0 Å². The molecule has 0 aliphatic heterocycles. The first-order chi connectivity index (χ1) is 13.4. The molecule has 0 fully saturated rings. The molecular weight excluding hydrogens is 578 g/mol. The quantitative estimate of drug-likeness (QED) is 0.305. The molecule has 28 heavy (non-hydrogen) atoms. The summed E-state index contributed by atoms with van der Waals surface area (Å²) in [6, 6.07) is 11.5. The van der Waals surface area contributed by atoms with Crippen LogP contribution in [0.1, 0.15) is 57.5 Å². The lowest BCUT2D eigenvalue weighted by molar-refractivity contribution is 0.0943. The number of benzene rings is 2. The van der Waals surface area contributed by atoms with Crippen LogP contribution in [0.3, 0.4) is 0 Å². The van der Waals surface area contributed by atoms with Crippen LogP contribution in [-0.2, 0) is 0 Å². The summed E-state index contributed by atoms with van der Waals surface area (Å²) in [7, 11) is 0. The molecule has 0 aliphatic carbocycles. The minimum Gasteiger partial charge on any atom is -0.352 e. The zero-order valence-electron chi connectivity index (χ0n) is 16.3. The van der Waals surface area contributed by atoms with Gasteiger partial charge in [0.15, 0.2) is 0 Å². The Morgan fingerprint density at radius 2 is 1.11 bits per heavy atom. The number of hydrogen-bond donors (Lipinski definition) is 2. The molecule has 2 N–H and O–H groups in total. The summed E-state index contributed by atoms with van der Waals surface area (Å²) in [5.74, 6) is -0.0316. The molecule has 0 spiro atoms. The summed E-state index contributed by atoms with van der Waals surface area (Å²) in [4.78, 5) is 24.3. The average molecular weight is 604 g/mol. The van der Waals surface area contributed by atoms with Gasteiger partial charge in [-0.05, 0) is 107 Å². The minimum absolute atomic E-state index is 0.0158. The molecule has 0 aromatic heterocycles. The Bertz CT molecular complexity index is 768. The van der Waals surface area contributed by atoms with E-state index < -0.39 is 0 Å². The fourth-order valence-corrected chi connectivity index (χ4v) is 3.71. The number of halogens is 2. The van der Waals surface area contributed by atoms with E-state index in [4.69, 9.17) is 0 Å². The van der Waals surface area contributed by atoms with Crippen molar-refractivity contribution >= 4 is 57.0 Å². The number of rotatable bonds is 9. The summed E-state index contributed by atoms with van der Waals surface area (Å²) >= 11 is 4.50. The second kappa shape index (κ2) is 11.7. The van der Waals surface area contributed by atoms with Gasteiger partial charge in [0.2, 0.25) is 0 Å². The van der Waals surface area contributed by atoms with Crippen LogP contribution in [0.15, 0.2) is 36.4 Å². The Morgan fingerprint density at radius 3 is 1.46 bits per heavy atom. The first-order valence-corrected chi connectivity index (χ1v) is 11.6. The number of carbonyl (C=O) groups excluding carboxylic acids is 2. The first kappa shape index (κ1) is 23.1. The van der Waals surface area contributed by atoms with Crippen molar-refractivity contribution in [2.75, 3.05) is 13.1 Å². The molecule has 2 amide bonds. The largest absolute Gasteiger partial charge is 0.352 e. The van der Waals surface area contributed by atoms with Crippen LogP contribution < -0.4 is 10.6 Å². The second-order valence-electron chi connectivity index (χ2n) is 6.85. The number of carbonyl (C=O) groups is 2. The molecule has 0 atom stereocenters. The Hall–Kier alpha value is -1.16. The van der Waals surface area contributed by atoms with E-state index in [-0.39, 0.29) is 11.8 Å². The predicted octanol–water partition coefficient (Wildman–Crippen LogP) is 5.23. The van der Waals surface area contributed by atoms with Gasteiger partial charge in [-0.3, -0.25) is 9.59 Å². The van der Waals surface area contributed by atoms with Crippen LogP contribution >= 0.6 is 45.2 Å². The van der Waals surface area contributed by atoms with Crippen LogP contribution in [0.5, 0.6) is 0 Å². The molecule has 2 rings (SSSR count). The summed E-state index contributed by atoms with van der Waals surface area (Å²) in [5, 5.41) is 5.95. The Balaban J connectivity index is 1.56. The summed E-state index contributed by atoms with van der Waals surface area (Å²) in [5.41, 5.74) is 3.79. The highest BCUT2D eigenvalue weighted by Crippen LogP contribution is 2.14. The Kier molecular flexibility index (Phi) is 9.70. The normalized spacial score (nSPS) is 10.6. The third kappa shape index (κ3) is 7.35. The van der Waals surface area contributed by atoms with E-state index in [9.17, 15) is 9.59 Å². The van der Waals surface area contributed by atoms with Crippen LogP contribution in [0.25, 0.3) is 0 Å². The highest BCUT2D eigenvalue weighted by molar-refractivity contribution is 14.1. The van der Waals surface area contributed by atoms with E-state index in [0.717, 1.165) is 32.8 Å². The zero-order valence-corrected chi connectivity index (χ0v) is 20.6. The monoisotopic (exact) mass is 604 g/mol. The summed E-state index contributed by atoms with van der Waals surface area (Å²) in [6.07, 6.45) is 3.95. The molecular formula is C22H26I2N2O2. The maximum absolute atomic E-state index is 12.1. The van der Waals surface area contributed by atoms with Gasteiger partial charge >= 0.3 is 0 Å². The summed E-state index contributed by atoms with van der Waals surface area (Å²) in [6.45, 7) is 5.43. The van der Waals surface area contributed by atoms with E-state index in [0.29, 0.717) is 24.2 Å². The van der Waals surface area contributed by atoms with Gasteiger partial charge in [-0.2, -0.15) is 0 Å². The molecule has 0 saturated carbocycles. The Morgan fingerprint density at radius 1 is 0.714 bits per heavy atom. The van der Waals surface area contributed by atoms with Crippen LogP contribution in [0.4, 0.5) is 0 Å². The van der Waals surface area contributed by atoms with Gasteiger partial charge in [0.1, 0.15) is 0 Å². The number of nitrogens with one attached hydrogen (secondary N) is 2. The van der Waals surface area contributed by atoms with Gasteiger partial charge in [0, 0.05) is 31.4 Å². The van der Waals surface area contributed by atoms with E-state index in [2.05, 4.69) is 55.8 Å². The third-order valence-corrected chi connectivity index (χ3v) is 6.87. The van der Waals surface area contributed by atoms with Gasteiger partial charge in [-0.1, -0.05) is 25.0 Å². The van der Waals surface area contributed by atoms with E-state index in [1.165, 1.54) is 11.1 Å². The lowest BCUT2D eigenvalue weighted by atomic mass is 10.1. The van der Waals surface area contributed by atoms with Crippen molar-refractivity contribution in [3.05, 3.63) is 65.8 Å². The average Bonchev–Trinajstić information content (AvgIpc) is 2.67. The second-order valence-corrected chi connectivity index (χ2v) is 9.18. The molecule has 0 bridgehead atoms. The number of aryl methyl sites for hydroxylation is 2. The van der Waals surface area contributed by atoms with Crippen molar-refractivity contribution in [2.24, 2.45) is 0 Å². The van der Waals surface area contributed by atoms with Crippen LogP contribution in [0, 0.1) is 21.0 Å². The molecule has 0 radical (unpaired) electrons. The topological polar surface area (TPSA) is 58.2 Å². The zero-order chi connectivity index (χ0) is 20.5.